The molecule has 0 fully saturated rings. The first-order chi connectivity index (χ1) is 8.10. The fourth-order valence-electron chi connectivity index (χ4n) is 0.827. The third-order valence-corrected chi connectivity index (χ3v) is 3.55. The van der Waals surface area contributed by atoms with E-state index in [1.54, 1.807) is 27.7 Å². The Balaban J connectivity index is 5.09. The summed E-state index contributed by atoms with van der Waals surface area (Å²) < 4.78 is 28.0. The zero-order chi connectivity index (χ0) is 14.4. The maximum atomic E-state index is 12.4. The lowest BCUT2D eigenvalue weighted by Gasteiger charge is -2.29. The molecule has 0 amide bonds. The second kappa shape index (κ2) is 6.23. The predicted octanol–water partition coefficient (Wildman–Crippen LogP) is 3.15. The fraction of sp³-hybridized carbons (Fsp3) is 0.538. The van der Waals surface area contributed by atoms with Gasteiger partial charge in [-0.15, -0.1) is 19.4 Å². The number of terminal acetylenes is 2. The topological polar surface area (TPSA) is 44.8 Å². The van der Waals surface area contributed by atoms with Crippen LogP contribution in [0.4, 0.5) is 0 Å². The van der Waals surface area contributed by atoms with Crippen LogP contribution in [0.1, 0.15) is 27.7 Å². The SMILES string of the molecule is C#CC(C)(C)OP(=O)(OCC=C)OC(C)(C)C#C. The van der Waals surface area contributed by atoms with Gasteiger partial charge in [0.1, 0.15) is 11.2 Å². The predicted molar refractivity (Wildman–Crippen MR) is 71.7 cm³/mol. The van der Waals surface area contributed by atoms with Gasteiger partial charge < -0.3 is 0 Å². The molecule has 0 N–H and O–H groups in total. The summed E-state index contributed by atoms with van der Waals surface area (Å²) in [4.78, 5) is 0. The van der Waals surface area contributed by atoms with Gasteiger partial charge in [-0.05, 0) is 27.7 Å². The van der Waals surface area contributed by atoms with Gasteiger partial charge in [0, 0.05) is 0 Å². The average Bonchev–Trinajstić information content (AvgIpc) is 2.25. The lowest BCUT2D eigenvalue weighted by molar-refractivity contribution is 0.0339. The van der Waals surface area contributed by atoms with Crippen molar-refractivity contribution in [3.05, 3.63) is 12.7 Å². The van der Waals surface area contributed by atoms with Crippen LogP contribution in [0.25, 0.3) is 0 Å². The Kier molecular flexibility index (Phi) is 5.87. The molecule has 0 bridgehead atoms. The minimum absolute atomic E-state index is 0.00141. The van der Waals surface area contributed by atoms with Gasteiger partial charge in [-0.2, -0.15) is 0 Å². The highest BCUT2D eigenvalue weighted by molar-refractivity contribution is 7.48. The molecule has 0 radical (unpaired) electrons. The summed E-state index contributed by atoms with van der Waals surface area (Å²) in [6, 6.07) is 0. The van der Waals surface area contributed by atoms with Crippen molar-refractivity contribution < 1.29 is 18.1 Å². The first-order valence-electron chi connectivity index (χ1n) is 5.32. The van der Waals surface area contributed by atoms with Crippen molar-refractivity contribution in [2.75, 3.05) is 6.61 Å². The Morgan fingerprint density at radius 1 is 1.17 bits per heavy atom. The van der Waals surface area contributed by atoms with Gasteiger partial charge in [0.05, 0.1) is 6.61 Å². The van der Waals surface area contributed by atoms with E-state index in [0.717, 1.165) is 0 Å². The molecule has 4 nitrogen and oxygen atoms in total. The Bertz CT molecular complexity index is 391. The maximum Gasteiger partial charge on any atom is 0.478 e. The Hall–Kier alpha value is -1.03. The number of hydrogen-bond donors (Lipinski definition) is 0. The average molecular weight is 270 g/mol. The van der Waals surface area contributed by atoms with Crippen molar-refractivity contribution in [1.82, 2.24) is 0 Å². The lowest BCUT2D eigenvalue weighted by atomic mass is 10.2. The van der Waals surface area contributed by atoms with Crippen LogP contribution in [-0.4, -0.2) is 17.8 Å². The van der Waals surface area contributed by atoms with Crippen LogP contribution < -0.4 is 0 Å². The second-order valence-corrected chi connectivity index (χ2v) is 6.04. The minimum Gasteiger partial charge on any atom is -0.283 e. The van der Waals surface area contributed by atoms with E-state index >= 15 is 0 Å². The van der Waals surface area contributed by atoms with Gasteiger partial charge in [0.2, 0.25) is 0 Å². The van der Waals surface area contributed by atoms with Crippen molar-refractivity contribution in [2.24, 2.45) is 0 Å². The number of rotatable bonds is 7. The van der Waals surface area contributed by atoms with Crippen molar-refractivity contribution in [3.8, 4) is 24.7 Å². The molecule has 0 rings (SSSR count). The zero-order valence-corrected chi connectivity index (χ0v) is 12.1. The third kappa shape index (κ3) is 6.05. The van der Waals surface area contributed by atoms with E-state index in [-0.39, 0.29) is 6.61 Å². The molecule has 0 spiro atoms. The first kappa shape index (κ1) is 17.0. The molecule has 0 saturated carbocycles. The summed E-state index contributed by atoms with van der Waals surface area (Å²) in [5, 5.41) is 0. The minimum atomic E-state index is -3.87. The fourth-order valence-corrected chi connectivity index (χ4v) is 2.48. The molecule has 0 atom stereocenters. The van der Waals surface area contributed by atoms with Crippen LogP contribution in [0.3, 0.4) is 0 Å². The summed E-state index contributed by atoms with van der Waals surface area (Å²) >= 11 is 0. The zero-order valence-electron chi connectivity index (χ0n) is 11.2. The van der Waals surface area contributed by atoms with Gasteiger partial charge in [0.15, 0.2) is 0 Å². The van der Waals surface area contributed by atoms with E-state index in [1.807, 2.05) is 0 Å². The molecular formula is C13H19O4P. The molecule has 100 valence electrons. The number of phosphoric acid groups is 1. The quantitative estimate of drug-likeness (QED) is 0.405. The maximum absolute atomic E-state index is 12.4. The molecule has 0 aromatic carbocycles. The van der Waals surface area contributed by atoms with Gasteiger partial charge in [-0.1, -0.05) is 17.9 Å². The molecule has 0 aromatic heterocycles. The highest BCUT2D eigenvalue weighted by Crippen LogP contribution is 2.55. The van der Waals surface area contributed by atoms with Gasteiger partial charge in [-0.25, -0.2) is 4.57 Å². The van der Waals surface area contributed by atoms with Gasteiger partial charge in [0.25, 0.3) is 0 Å². The van der Waals surface area contributed by atoms with Crippen molar-refractivity contribution in [3.63, 3.8) is 0 Å². The molecule has 18 heavy (non-hydrogen) atoms. The van der Waals surface area contributed by atoms with Crippen LogP contribution in [0.15, 0.2) is 12.7 Å². The van der Waals surface area contributed by atoms with Crippen molar-refractivity contribution in [1.29, 1.82) is 0 Å². The Labute approximate surface area is 109 Å². The molecule has 0 aliphatic heterocycles. The van der Waals surface area contributed by atoms with E-state index < -0.39 is 19.0 Å². The molecular weight excluding hydrogens is 251 g/mol. The van der Waals surface area contributed by atoms with E-state index in [9.17, 15) is 4.57 Å². The summed E-state index contributed by atoms with van der Waals surface area (Å²) in [5.41, 5.74) is -2.19. The van der Waals surface area contributed by atoms with Crippen LogP contribution in [-0.2, 0) is 18.1 Å². The van der Waals surface area contributed by atoms with Crippen LogP contribution >= 0.6 is 7.82 Å². The van der Waals surface area contributed by atoms with Crippen molar-refractivity contribution in [2.45, 2.75) is 38.9 Å². The van der Waals surface area contributed by atoms with E-state index in [0.29, 0.717) is 0 Å². The Morgan fingerprint density at radius 3 is 1.83 bits per heavy atom. The van der Waals surface area contributed by atoms with Crippen molar-refractivity contribution >= 4 is 7.82 Å². The second-order valence-electron chi connectivity index (χ2n) is 4.52. The van der Waals surface area contributed by atoms with E-state index in [1.165, 1.54) is 6.08 Å². The van der Waals surface area contributed by atoms with Gasteiger partial charge in [-0.3, -0.25) is 13.6 Å². The summed E-state index contributed by atoms with van der Waals surface area (Å²) in [6.45, 7) is 9.75. The number of phosphoric ester groups is 1. The largest absolute Gasteiger partial charge is 0.478 e. The first-order valence-corrected chi connectivity index (χ1v) is 6.78. The van der Waals surface area contributed by atoms with Crippen LogP contribution in [0.2, 0.25) is 0 Å². The van der Waals surface area contributed by atoms with E-state index in [2.05, 4.69) is 18.4 Å². The third-order valence-electron chi connectivity index (χ3n) is 1.73. The molecule has 0 aliphatic carbocycles. The summed E-state index contributed by atoms with van der Waals surface area (Å²) in [5.74, 6) is 4.69. The molecule has 0 aliphatic rings. The highest BCUT2D eigenvalue weighted by Gasteiger charge is 2.38. The highest BCUT2D eigenvalue weighted by atomic mass is 31.2. The molecule has 0 heterocycles. The smallest absolute Gasteiger partial charge is 0.283 e. The summed E-state index contributed by atoms with van der Waals surface area (Å²) in [6.07, 6.45) is 12.0. The molecule has 0 unspecified atom stereocenters. The monoisotopic (exact) mass is 270 g/mol. The normalized spacial score (nSPS) is 12.6. The summed E-state index contributed by atoms with van der Waals surface area (Å²) in [7, 11) is -3.87. The van der Waals surface area contributed by atoms with Crippen LogP contribution in [0, 0.1) is 24.7 Å². The standard InChI is InChI=1S/C13H19O4P/c1-8-11-15-18(14,16-12(4,5)9-2)17-13(6,7)10-3/h2-3,8H,1,11H2,4-7H3. The van der Waals surface area contributed by atoms with Crippen LogP contribution in [0.5, 0.6) is 0 Å². The molecule has 5 heteroatoms. The number of hydrogen-bond acceptors (Lipinski definition) is 4. The molecule has 0 saturated heterocycles. The Morgan fingerprint density at radius 2 is 1.56 bits per heavy atom. The van der Waals surface area contributed by atoms with E-state index in [4.69, 9.17) is 26.4 Å². The lowest BCUT2D eigenvalue weighted by Crippen LogP contribution is -2.27. The molecule has 0 aromatic rings. The van der Waals surface area contributed by atoms with Gasteiger partial charge >= 0.3 is 7.82 Å².